The highest BCUT2D eigenvalue weighted by atomic mass is 32.2. The zero-order valence-corrected chi connectivity index (χ0v) is 20.2. The molecule has 33 heavy (non-hydrogen) atoms. The molecular formula is C25H26N4O2S2. The number of hydrogen-bond donors (Lipinski definition) is 1. The first-order valence-electron chi connectivity index (χ1n) is 11.1. The molecule has 1 aromatic carbocycles. The number of aryl methyl sites for hydroxylation is 2. The molecule has 3 aromatic rings. The Bertz CT molecular complexity index is 1170. The molecule has 1 amide bonds. The van der Waals surface area contributed by atoms with Crippen LogP contribution in [-0.4, -0.2) is 28.7 Å². The van der Waals surface area contributed by atoms with Crippen molar-refractivity contribution in [3.05, 3.63) is 52.5 Å². The monoisotopic (exact) mass is 478 g/mol. The van der Waals surface area contributed by atoms with E-state index in [4.69, 9.17) is 9.72 Å². The van der Waals surface area contributed by atoms with Crippen molar-refractivity contribution in [3.8, 4) is 23.1 Å². The van der Waals surface area contributed by atoms with Crippen LogP contribution in [0.15, 0.2) is 40.7 Å². The van der Waals surface area contributed by atoms with Gasteiger partial charge in [-0.2, -0.15) is 5.26 Å². The number of nitrogens with one attached hydrogen (secondary N) is 1. The van der Waals surface area contributed by atoms with E-state index in [2.05, 4.69) is 16.4 Å². The lowest BCUT2D eigenvalue weighted by Crippen LogP contribution is -2.12. The van der Waals surface area contributed by atoms with Gasteiger partial charge in [0.1, 0.15) is 16.8 Å². The highest BCUT2D eigenvalue weighted by Gasteiger charge is 2.15. The Morgan fingerprint density at radius 1 is 1.21 bits per heavy atom. The number of benzene rings is 1. The molecule has 0 unspecified atom stereocenters. The highest BCUT2D eigenvalue weighted by molar-refractivity contribution is 7.99. The van der Waals surface area contributed by atoms with Crippen LogP contribution in [0.1, 0.15) is 48.9 Å². The van der Waals surface area contributed by atoms with Crippen LogP contribution >= 0.6 is 23.1 Å². The summed E-state index contributed by atoms with van der Waals surface area (Å²) in [4.78, 5) is 21.8. The van der Waals surface area contributed by atoms with Crippen molar-refractivity contribution in [3.63, 3.8) is 0 Å². The lowest BCUT2D eigenvalue weighted by Gasteiger charge is -2.15. The zero-order chi connectivity index (χ0) is 23.0. The summed E-state index contributed by atoms with van der Waals surface area (Å²) in [5.74, 6) is 1.19. The van der Waals surface area contributed by atoms with E-state index in [1.807, 2.05) is 35.7 Å². The van der Waals surface area contributed by atoms with Gasteiger partial charge in [-0.1, -0.05) is 25.0 Å². The van der Waals surface area contributed by atoms with Gasteiger partial charge in [0.2, 0.25) is 5.91 Å². The van der Waals surface area contributed by atoms with E-state index < -0.39 is 0 Å². The van der Waals surface area contributed by atoms with Crippen LogP contribution in [0.4, 0.5) is 5.13 Å². The minimum Gasteiger partial charge on any atom is -0.496 e. The summed E-state index contributed by atoms with van der Waals surface area (Å²) < 4.78 is 5.40. The Kier molecular flexibility index (Phi) is 7.97. The van der Waals surface area contributed by atoms with Crippen LogP contribution in [0.3, 0.4) is 0 Å². The van der Waals surface area contributed by atoms with Gasteiger partial charge >= 0.3 is 0 Å². The van der Waals surface area contributed by atoms with Crippen LogP contribution in [0.2, 0.25) is 0 Å². The van der Waals surface area contributed by atoms with Crippen molar-refractivity contribution >= 4 is 34.1 Å². The molecule has 6 nitrogen and oxygen atoms in total. The van der Waals surface area contributed by atoms with E-state index in [1.54, 1.807) is 7.11 Å². The average molecular weight is 479 g/mol. The standard InChI is InChI=1S/C25H26N4O2S2/c1-31-22-11-7-6-9-19(22)21-16-33-25(28-21)29-23(30)12-13-32-24-18(15-26)14-17-8-4-2-3-5-10-20(17)27-24/h6-7,9,11,14,16H,2-5,8,10,12-13H2,1H3,(H,28,29,30). The number of thioether (sulfide) groups is 1. The molecule has 0 atom stereocenters. The fraction of sp³-hybridized carbons (Fsp3) is 0.360. The lowest BCUT2D eigenvalue weighted by atomic mass is 9.96. The molecular weight excluding hydrogens is 452 g/mol. The number of carbonyl (C=O) groups is 1. The van der Waals surface area contributed by atoms with Gasteiger partial charge in [-0.25, -0.2) is 9.97 Å². The molecule has 1 N–H and O–H groups in total. The van der Waals surface area contributed by atoms with Gasteiger partial charge in [-0.05, 0) is 49.4 Å². The molecule has 0 saturated carbocycles. The zero-order valence-electron chi connectivity index (χ0n) is 18.6. The number of nitriles is 1. The van der Waals surface area contributed by atoms with Crippen LogP contribution in [0.5, 0.6) is 5.75 Å². The van der Waals surface area contributed by atoms with Gasteiger partial charge in [-0.15, -0.1) is 23.1 Å². The third-order valence-corrected chi connectivity index (χ3v) is 7.34. The van der Waals surface area contributed by atoms with Crippen LogP contribution in [0, 0.1) is 11.3 Å². The molecule has 0 saturated heterocycles. The number of pyridine rings is 1. The Morgan fingerprint density at radius 2 is 2.03 bits per heavy atom. The number of nitrogens with zero attached hydrogens (tertiary/aromatic N) is 3. The molecule has 8 heteroatoms. The molecule has 0 bridgehead atoms. The van der Waals surface area contributed by atoms with Gasteiger partial charge in [0.05, 0.1) is 18.4 Å². The normalized spacial score (nSPS) is 13.3. The fourth-order valence-corrected chi connectivity index (χ4v) is 5.53. The van der Waals surface area contributed by atoms with Crippen molar-refractivity contribution in [1.29, 1.82) is 5.26 Å². The number of amides is 1. The predicted molar refractivity (Wildman–Crippen MR) is 133 cm³/mol. The summed E-state index contributed by atoms with van der Waals surface area (Å²) in [7, 11) is 1.63. The minimum absolute atomic E-state index is 0.104. The maximum Gasteiger partial charge on any atom is 0.226 e. The van der Waals surface area contributed by atoms with Gasteiger partial charge in [0, 0.05) is 28.8 Å². The van der Waals surface area contributed by atoms with Crippen molar-refractivity contribution in [2.45, 2.75) is 50.0 Å². The largest absolute Gasteiger partial charge is 0.496 e. The van der Waals surface area contributed by atoms with E-state index in [0.717, 1.165) is 53.4 Å². The van der Waals surface area contributed by atoms with E-state index in [9.17, 15) is 10.1 Å². The summed E-state index contributed by atoms with van der Waals surface area (Å²) >= 11 is 2.86. The predicted octanol–water partition coefficient (Wildman–Crippen LogP) is 5.87. The first kappa shape index (κ1) is 23.3. The first-order chi connectivity index (χ1) is 16.2. The summed E-state index contributed by atoms with van der Waals surface area (Å²) in [6.45, 7) is 0. The number of rotatable bonds is 7. The number of thiazole rings is 1. The molecule has 2 heterocycles. The lowest BCUT2D eigenvalue weighted by molar-refractivity contribution is -0.115. The Labute approximate surface area is 202 Å². The molecule has 4 rings (SSSR count). The van der Waals surface area contributed by atoms with Gasteiger partial charge in [0.25, 0.3) is 0 Å². The number of methoxy groups -OCH3 is 1. The van der Waals surface area contributed by atoms with Crippen LogP contribution in [0.25, 0.3) is 11.3 Å². The molecule has 1 aliphatic carbocycles. The van der Waals surface area contributed by atoms with Crippen molar-refractivity contribution in [2.75, 3.05) is 18.2 Å². The molecule has 1 aliphatic rings. The van der Waals surface area contributed by atoms with E-state index in [1.165, 1.54) is 41.5 Å². The summed E-state index contributed by atoms with van der Waals surface area (Å²) in [5.41, 5.74) is 4.60. The Morgan fingerprint density at radius 3 is 2.85 bits per heavy atom. The number of aromatic nitrogens is 2. The first-order valence-corrected chi connectivity index (χ1v) is 13.0. The summed E-state index contributed by atoms with van der Waals surface area (Å²) in [5, 5.41) is 15.7. The smallest absolute Gasteiger partial charge is 0.226 e. The molecule has 0 radical (unpaired) electrons. The quantitative estimate of drug-likeness (QED) is 0.428. The SMILES string of the molecule is COc1ccccc1-c1csc(NC(=O)CCSc2nc3c(cc2C#N)CCCCCC3)n1. The number of fused-ring (bicyclic) bond motifs is 1. The third-order valence-electron chi connectivity index (χ3n) is 5.59. The second-order valence-electron chi connectivity index (χ2n) is 7.86. The minimum atomic E-state index is -0.104. The van der Waals surface area contributed by atoms with E-state index in [-0.39, 0.29) is 5.91 Å². The Balaban J connectivity index is 1.35. The highest BCUT2D eigenvalue weighted by Crippen LogP contribution is 2.32. The van der Waals surface area contributed by atoms with Crippen LogP contribution in [-0.2, 0) is 17.6 Å². The van der Waals surface area contributed by atoms with Crippen molar-refractivity contribution in [2.24, 2.45) is 0 Å². The number of hydrogen-bond acceptors (Lipinski definition) is 7. The van der Waals surface area contributed by atoms with Gasteiger partial charge < -0.3 is 10.1 Å². The van der Waals surface area contributed by atoms with Crippen molar-refractivity contribution in [1.82, 2.24) is 9.97 Å². The molecule has 0 spiro atoms. The number of carbonyl (C=O) groups excluding carboxylic acids is 1. The van der Waals surface area contributed by atoms with Crippen LogP contribution < -0.4 is 10.1 Å². The van der Waals surface area contributed by atoms with E-state index in [0.29, 0.717) is 22.9 Å². The van der Waals surface area contributed by atoms with Gasteiger partial charge in [-0.3, -0.25) is 4.79 Å². The third kappa shape index (κ3) is 5.92. The van der Waals surface area contributed by atoms with Gasteiger partial charge in [0.15, 0.2) is 5.13 Å². The average Bonchev–Trinajstić information content (AvgIpc) is 3.28. The van der Waals surface area contributed by atoms with E-state index >= 15 is 0 Å². The Hall–Kier alpha value is -2.89. The maximum atomic E-state index is 12.5. The second kappa shape index (κ2) is 11.3. The molecule has 0 aliphatic heterocycles. The molecule has 170 valence electrons. The summed E-state index contributed by atoms with van der Waals surface area (Å²) in [6, 6.07) is 12.0. The number of anilines is 1. The molecule has 0 fully saturated rings. The number of para-hydroxylation sites is 1. The fourth-order valence-electron chi connectivity index (χ4n) is 3.89. The summed E-state index contributed by atoms with van der Waals surface area (Å²) in [6.07, 6.45) is 7.05. The second-order valence-corrected chi connectivity index (χ2v) is 9.80. The number of ether oxygens (including phenoxy) is 1. The molecule has 2 aromatic heterocycles. The maximum absolute atomic E-state index is 12.5. The topological polar surface area (TPSA) is 87.9 Å². The van der Waals surface area contributed by atoms with Crippen molar-refractivity contribution < 1.29 is 9.53 Å².